The molecule has 4 rings (SSSR count). The van der Waals surface area contributed by atoms with Gasteiger partial charge in [0, 0.05) is 36.1 Å². The lowest BCUT2D eigenvalue weighted by Crippen LogP contribution is -2.40. The SMILES string of the molecule is CCC1c2nnc(C)n2-c2cnc(-c3ccncc3CNC(=O)O)nc2N1C(C)C. The number of hydrogen-bond acceptors (Lipinski definition) is 7. The predicted octanol–water partition coefficient (Wildman–Crippen LogP) is 2.87. The number of hydrogen-bond donors (Lipinski definition) is 2. The molecule has 0 aromatic carbocycles. The van der Waals surface area contributed by atoms with E-state index in [-0.39, 0.29) is 18.6 Å². The van der Waals surface area contributed by atoms with Crippen LogP contribution in [0.3, 0.4) is 0 Å². The quantitative estimate of drug-likeness (QED) is 0.661. The first-order chi connectivity index (χ1) is 14.4. The normalized spacial score (nSPS) is 15.1. The molecule has 1 atom stereocenters. The molecule has 1 amide bonds. The second-order valence-electron chi connectivity index (χ2n) is 7.46. The number of aryl methyl sites for hydroxylation is 1. The first-order valence-electron chi connectivity index (χ1n) is 9.90. The van der Waals surface area contributed by atoms with Crippen molar-refractivity contribution in [3.05, 3.63) is 41.9 Å². The van der Waals surface area contributed by atoms with Crippen LogP contribution in [-0.2, 0) is 6.54 Å². The largest absolute Gasteiger partial charge is 0.465 e. The summed E-state index contributed by atoms with van der Waals surface area (Å²) >= 11 is 0. The minimum atomic E-state index is -1.09. The lowest BCUT2D eigenvalue weighted by molar-refractivity contribution is 0.194. The Morgan fingerprint density at radius 3 is 2.80 bits per heavy atom. The van der Waals surface area contributed by atoms with Gasteiger partial charge >= 0.3 is 6.09 Å². The van der Waals surface area contributed by atoms with Gasteiger partial charge in [-0.2, -0.15) is 0 Å². The van der Waals surface area contributed by atoms with Gasteiger partial charge in [-0.25, -0.2) is 14.8 Å². The standard InChI is InChI=1S/C20H24N8O2/c1-5-15-19-26-25-12(4)28(19)16-10-22-17(24-18(16)27(15)11(2)3)14-6-7-21-8-13(14)9-23-20(29)30/h6-8,10-11,15,23H,5,9H2,1-4H3,(H,29,30). The third-order valence-electron chi connectivity index (χ3n) is 5.24. The average molecular weight is 408 g/mol. The number of pyridine rings is 1. The fourth-order valence-corrected chi connectivity index (χ4v) is 3.95. The minimum absolute atomic E-state index is 0.0482. The van der Waals surface area contributed by atoms with Crippen LogP contribution in [0.2, 0.25) is 0 Å². The van der Waals surface area contributed by atoms with Crippen molar-refractivity contribution < 1.29 is 9.90 Å². The molecule has 3 aromatic heterocycles. The Labute approximate surface area is 174 Å². The molecule has 0 aliphatic carbocycles. The van der Waals surface area contributed by atoms with Crippen LogP contribution >= 0.6 is 0 Å². The molecule has 1 aliphatic rings. The van der Waals surface area contributed by atoms with Gasteiger partial charge in [-0.05, 0) is 33.3 Å². The van der Waals surface area contributed by atoms with Crippen molar-refractivity contribution in [3.63, 3.8) is 0 Å². The molecule has 1 aliphatic heterocycles. The Kier molecular flexibility index (Phi) is 5.06. The van der Waals surface area contributed by atoms with Crippen LogP contribution in [-0.4, -0.2) is 47.0 Å². The molecule has 0 saturated heterocycles. The zero-order valence-corrected chi connectivity index (χ0v) is 17.4. The van der Waals surface area contributed by atoms with Gasteiger partial charge in [0.1, 0.15) is 11.5 Å². The summed E-state index contributed by atoms with van der Waals surface area (Å²) in [5.74, 6) is 3.02. The maximum absolute atomic E-state index is 10.9. The van der Waals surface area contributed by atoms with E-state index in [0.29, 0.717) is 11.4 Å². The minimum Gasteiger partial charge on any atom is -0.465 e. The summed E-state index contributed by atoms with van der Waals surface area (Å²) in [5, 5.41) is 20.0. The van der Waals surface area contributed by atoms with Crippen molar-refractivity contribution in [2.75, 3.05) is 4.90 Å². The summed E-state index contributed by atoms with van der Waals surface area (Å²) in [6.07, 6.45) is 4.83. The summed E-state index contributed by atoms with van der Waals surface area (Å²) < 4.78 is 2.02. The highest BCUT2D eigenvalue weighted by molar-refractivity contribution is 5.69. The summed E-state index contributed by atoms with van der Waals surface area (Å²) in [6, 6.07) is 2.04. The number of fused-ring (bicyclic) bond motifs is 3. The van der Waals surface area contributed by atoms with E-state index in [1.165, 1.54) is 0 Å². The third kappa shape index (κ3) is 3.23. The number of amides is 1. The maximum Gasteiger partial charge on any atom is 0.404 e. The smallest absolute Gasteiger partial charge is 0.404 e. The van der Waals surface area contributed by atoms with E-state index in [0.717, 1.165) is 35.1 Å². The molecule has 156 valence electrons. The van der Waals surface area contributed by atoms with Crippen LogP contribution in [0.5, 0.6) is 0 Å². The predicted molar refractivity (Wildman–Crippen MR) is 110 cm³/mol. The monoisotopic (exact) mass is 408 g/mol. The second kappa shape index (κ2) is 7.69. The van der Waals surface area contributed by atoms with Gasteiger partial charge in [-0.1, -0.05) is 6.92 Å². The lowest BCUT2D eigenvalue weighted by Gasteiger charge is -2.39. The topological polar surface area (TPSA) is 122 Å². The Bertz CT molecular complexity index is 1090. The Hall–Kier alpha value is -3.56. The number of anilines is 1. The molecule has 30 heavy (non-hydrogen) atoms. The van der Waals surface area contributed by atoms with E-state index in [1.54, 1.807) is 24.7 Å². The van der Waals surface area contributed by atoms with E-state index in [4.69, 9.17) is 10.1 Å². The first-order valence-corrected chi connectivity index (χ1v) is 9.90. The van der Waals surface area contributed by atoms with Gasteiger partial charge in [0.25, 0.3) is 0 Å². The van der Waals surface area contributed by atoms with Gasteiger partial charge in [-0.3, -0.25) is 9.55 Å². The highest BCUT2D eigenvalue weighted by Gasteiger charge is 2.36. The Balaban J connectivity index is 1.87. The molecule has 10 nitrogen and oxygen atoms in total. The van der Waals surface area contributed by atoms with Crippen LogP contribution in [0.15, 0.2) is 24.7 Å². The van der Waals surface area contributed by atoms with Crippen molar-refractivity contribution in [1.82, 2.24) is 35.0 Å². The van der Waals surface area contributed by atoms with Crippen LogP contribution in [0.1, 0.15) is 50.4 Å². The lowest BCUT2D eigenvalue weighted by atomic mass is 10.1. The van der Waals surface area contributed by atoms with E-state index < -0.39 is 6.09 Å². The zero-order chi connectivity index (χ0) is 21.4. The molecule has 0 spiro atoms. The first kappa shape index (κ1) is 19.7. The van der Waals surface area contributed by atoms with E-state index in [9.17, 15) is 4.79 Å². The highest BCUT2D eigenvalue weighted by atomic mass is 16.4. The molecule has 10 heteroatoms. The molecule has 3 aromatic rings. The summed E-state index contributed by atoms with van der Waals surface area (Å²) in [6.45, 7) is 8.42. The van der Waals surface area contributed by atoms with E-state index in [2.05, 4.69) is 51.2 Å². The van der Waals surface area contributed by atoms with E-state index >= 15 is 0 Å². The number of nitrogens with one attached hydrogen (secondary N) is 1. The number of rotatable bonds is 5. The molecular formula is C20H24N8O2. The van der Waals surface area contributed by atoms with Gasteiger partial charge in [0.2, 0.25) is 0 Å². The second-order valence-corrected chi connectivity index (χ2v) is 7.46. The summed E-state index contributed by atoms with van der Waals surface area (Å²) in [7, 11) is 0. The maximum atomic E-state index is 10.9. The average Bonchev–Trinajstić information content (AvgIpc) is 3.12. The highest BCUT2D eigenvalue weighted by Crippen LogP contribution is 2.40. The molecule has 0 radical (unpaired) electrons. The van der Waals surface area contributed by atoms with Crippen LogP contribution in [0.25, 0.3) is 17.1 Å². The van der Waals surface area contributed by atoms with Crippen molar-refractivity contribution in [2.45, 2.75) is 52.7 Å². The summed E-state index contributed by atoms with van der Waals surface area (Å²) in [4.78, 5) is 26.8. The van der Waals surface area contributed by atoms with Crippen molar-refractivity contribution in [3.8, 4) is 17.1 Å². The van der Waals surface area contributed by atoms with E-state index in [1.807, 2.05) is 11.5 Å². The number of aromatic nitrogens is 6. The van der Waals surface area contributed by atoms with Crippen molar-refractivity contribution in [1.29, 1.82) is 0 Å². The number of carboxylic acid groups (broad SMARTS) is 1. The van der Waals surface area contributed by atoms with Crippen molar-refractivity contribution >= 4 is 11.9 Å². The third-order valence-corrected chi connectivity index (χ3v) is 5.24. The molecule has 0 bridgehead atoms. The molecule has 0 saturated carbocycles. The van der Waals surface area contributed by atoms with Crippen LogP contribution in [0.4, 0.5) is 10.6 Å². The fourth-order valence-electron chi connectivity index (χ4n) is 3.95. The van der Waals surface area contributed by atoms with Crippen molar-refractivity contribution in [2.24, 2.45) is 0 Å². The van der Waals surface area contributed by atoms with Crippen LogP contribution < -0.4 is 10.2 Å². The molecule has 0 fully saturated rings. The Morgan fingerprint density at radius 1 is 1.30 bits per heavy atom. The summed E-state index contributed by atoms with van der Waals surface area (Å²) in [5.41, 5.74) is 2.29. The van der Waals surface area contributed by atoms with Gasteiger partial charge in [-0.15, -0.1) is 10.2 Å². The van der Waals surface area contributed by atoms with Gasteiger partial charge in [0.15, 0.2) is 17.5 Å². The van der Waals surface area contributed by atoms with Crippen LogP contribution in [0, 0.1) is 6.92 Å². The molecule has 2 N–H and O–H groups in total. The molecule has 1 unspecified atom stereocenters. The fraction of sp³-hybridized carbons (Fsp3) is 0.400. The molecule has 4 heterocycles. The molecular weight excluding hydrogens is 384 g/mol. The Morgan fingerprint density at radius 2 is 2.10 bits per heavy atom. The number of carbonyl (C=O) groups is 1. The zero-order valence-electron chi connectivity index (χ0n) is 17.4. The van der Waals surface area contributed by atoms with Gasteiger partial charge in [0.05, 0.1) is 12.2 Å². The number of nitrogens with zero attached hydrogens (tertiary/aromatic N) is 7. The van der Waals surface area contributed by atoms with Gasteiger partial charge < -0.3 is 15.3 Å².